The number of furan rings is 1. The maximum absolute atomic E-state index is 12.5. The summed E-state index contributed by atoms with van der Waals surface area (Å²) >= 11 is 1.64. The number of hydrogen-bond acceptors (Lipinski definition) is 4. The molecule has 3 rings (SSSR count). The van der Waals surface area contributed by atoms with Crippen molar-refractivity contribution in [2.45, 2.75) is 13.8 Å². The molecule has 0 atom stereocenters. The fourth-order valence-electron chi connectivity index (χ4n) is 2.68. The minimum absolute atomic E-state index is 0.0620. The third-order valence-corrected chi connectivity index (χ3v) is 4.82. The van der Waals surface area contributed by atoms with Gasteiger partial charge in [-0.3, -0.25) is 9.59 Å². The van der Waals surface area contributed by atoms with E-state index < -0.39 is 0 Å². The third kappa shape index (κ3) is 2.78. The quantitative estimate of drug-likeness (QED) is 0.855. The summed E-state index contributed by atoms with van der Waals surface area (Å²) in [6.45, 7) is 6.16. The first-order chi connectivity index (χ1) is 10.6. The van der Waals surface area contributed by atoms with E-state index in [1.807, 2.05) is 24.8 Å². The molecule has 22 heavy (non-hydrogen) atoms. The van der Waals surface area contributed by atoms with Crippen molar-refractivity contribution in [1.29, 1.82) is 0 Å². The number of carbonyl (C=O) groups excluding carboxylic acids is 2. The summed E-state index contributed by atoms with van der Waals surface area (Å²) in [5.74, 6) is 0.302. The fraction of sp³-hybridized carbons (Fsp3) is 0.375. The molecule has 1 aliphatic rings. The minimum atomic E-state index is -0.111. The van der Waals surface area contributed by atoms with Crippen molar-refractivity contribution in [3.63, 3.8) is 0 Å². The van der Waals surface area contributed by atoms with Gasteiger partial charge in [0.2, 0.25) is 0 Å². The fourth-order valence-corrected chi connectivity index (χ4v) is 3.60. The van der Waals surface area contributed by atoms with Gasteiger partial charge in [0.05, 0.1) is 11.8 Å². The SMILES string of the molecule is Cc1cc(C(=O)N2CCN(C(=O)c3ccco3)CC2)c(C)s1. The number of carbonyl (C=O) groups is 2. The number of amides is 2. The van der Waals surface area contributed by atoms with Crippen molar-refractivity contribution < 1.29 is 14.0 Å². The highest BCUT2D eigenvalue weighted by molar-refractivity contribution is 7.12. The summed E-state index contributed by atoms with van der Waals surface area (Å²) in [4.78, 5) is 30.5. The van der Waals surface area contributed by atoms with E-state index in [1.54, 1.807) is 28.4 Å². The van der Waals surface area contributed by atoms with Crippen LogP contribution in [0.3, 0.4) is 0 Å². The second-order valence-electron chi connectivity index (χ2n) is 5.39. The van der Waals surface area contributed by atoms with Gasteiger partial charge >= 0.3 is 0 Å². The zero-order chi connectivity index (χ0) is 15.7. The molecule has 2 aromatic rings. The Hall–Kier alpha value is -2.08. The Morgan fingerprint density at radius 3 is 2.23 bits per heavy atom. The van der Waals surface area contributed by atoms with Crippen LogP contribution in [0, 0.1) is 13.8 Å². The van der Waals surface area contributed by atoms with E-state index in [2.05, 4.69) is 0 Å². The highest BCUT2D eigenvalue weighted by atomic mass is 32.1. The van der Waals surface area contributed by atoms with Gasteiger partial charge in [-0.15, -0.1) is 11.3 Å². The molecule has 3 heterocycles. The first-order valence-corrected chi connectivity index (χ1v) is 8.07. The van der Waals surface area contributed by atoms with Crippen LogP contribution in [0.15, 0.2) is 28.9 Å². The topological polar surface area (TPSA) is 53.8 Å². The van der Waals surface area contributed by atoms with Crippen LogP contribution in [0.2, 0.25) is 0 Å². The first-order valence-electron chi connectivity index (χ1n) is 7.25. The molecule has 1 fully saturated rings. The highest BCUT2D eigenvalue weighted by Crippen LogP contribution is 2.22. The van der Waals surface area contributed by atoms with E-state index in [0.717, 1.165) is 15.3 Å². The molecule has 0 radical (unpaired) electrons. The Bertz CT molecular complexity index is 682. The van der Waals surface area contributed by atoms with E-state index in [-0.39, 0.29) is 11.8 Å². The first kappa shape index (κ1) is 14.8. The number of nitrogens with zero attached hydrogens (tertiary/aromatic N) is 2. The number of aryl methyl sites for hydroxylation is 2. The van der Waals surface area contributed by atoms with Crippen LogP contribution < -0.4 is 0 Å². The van der Waals surface area contributed by atoms with Gasteiger partial charge in [-0.2, -0.15) is 0 Å². The molecule has 1 aliphatic heterocycles. The van der Waals surface area contributed by atoms with Crippen LogP contribution in [0.25, 0.3) is 0 Å². The van der Waals surface area contributed by atoms with Crippen LogP contribution >= 0.6 is 11.3 Å². The molecule has 0 N–H and O–H groups in total. The Labute approximate surface area is 133 Å². The molecule has 0 unspecified atom stereocenters. The van der Waals surface area contributed by atoms with Gasteiger partial charge in [-0.1, -0.05) is 0 Å². The van der Waals surface area contributed by atoms with Crippen molar-refractivity contribution in [2.75, 3.05) is 26.2 Å². The van der Waals surface area contributed by atoms with E-state index in [1.165, 1.54) is 6.26 Å². The smallest absolute Gasteiger partial charge is 0.289 e. The Morgan fingerprint density at radius 2 is 1.73 bits per heavy atom. The van der Waals surface area contributed by atoms with Crippen molar-refractivity contribution in [1.82, 2.24) is 9.80 Å². The zero-order valence-electron chi connectivity index (χ0n) is 12.7. The summed E-state index contributed by atoms with van der Waals surface area (Å²) in [6.07, 6.45) is 1.49. The van der Waals surface area contributed by atoms with Gasteiger partial charge in [-0.25, -0.2) is 0 Å². The largest absolute Gasteiger partial charge is 0.459 e. The van der Waals surface area contributed by atoms with Crippen LogP contribution in [0.1, 0.15) is 30.7 Å². The second-order valence-corrected chi connectivity index (χ2v) is 6.85. The molecule has 0 aliphatic carbocycles. The molecule has 0 spiro atoms. The molecule has 0 bridgehead atoms. The molecule has 5 nitrogen and oxygen atoms in total. The van der Waals surface area contributed by atoms with Crippen LogP contribution in [-0.4, -0.2) is 47.8 Å². The maximum atomic E-state index is 12.5. The van der Waals surface area contributed by atoms with Crippen LogP contribution in [0.5, 0.6) is 0 Å². The van der Waals surface area contributed by atoms with Gasteiger partial charge < -0.3 is 14.2 Å². The lowest BCUT2D eigenvalue weighted by atomic mass is 10.2. The highest BCUT2D eigenvalue weighted by Gasteiger charge is 2.27. The predicted molar refractivity (Wildman–Crippen MR) is 84.3 cm³/mol. The van der Waals surface area contributed by atoms with Gasteiger partial charge in [-0.05, 0) is 32.0 Å². The summed E-state index contributed by atoms with van der Waals surface area (Å²) in [7, 11) is 0. The molecule has 1 saturated heterocycles. The monoisotopic (exact) mass is 318 g/mol. The summed E-state index contributed by atoms with van der Waals surface area (Å²) in [6, 6.07) is 5.31. The average molecular weight is 318 g/mol. The Morgan fingerprint density at radius 1 is 1.09 bits per heavy atom. The molecule has 116 valence electrons. The van der Waals surface area contributed by atoms with Crippen molar-refractivity contribution in [3.05, 3.63) is 45.5 Å². The van der Waals surface area contributed by atoms with Crippen molar-refractivity contribution in [2.24, 2.45) is 0 Å². The van der Waals surface area contributed by atoms with Crippen molar-refractivity contribution >= 4 is 23.2 Å². The molecule has 0 saturated carbocycles. The number of thiophene rings is 1. The minimum Gasteiger partial charge on any atom is -0.459 e. The number of rotatable bonds is 2. The zero-order valence-corrected chi connectivity index (χ0v) is 13.5. The van der Waals surface area contributed by atoms with Crippen LogP contribution in [-0.2, 0) is 0 Å². The van der Waals surface area contributed by atoms with Crippen molar-refractivity contribution in [3.8, 4) is 0 Å². The van der Waals surface area contributed by atoms with Gasteiger partial charge in [0.15, 0.2) is 5.76 Å². The molecular formula is C16H18N2O3S. The summed E-state index contributed by atoms with van der Waals surface area (Å²) in [5, 5.41) is 0. The van der Waals surface area contributed by atoms with Crippen LogP contribution in [0.4, 0.5) is 0 Å². The Kier molecular flexibility index (Phi) is 4.02. The lowest BCUT2D eigenvalue weighted by Gasteiger charge is -2.34. The van der Waals surface area contributed by atoms with E-state index >= 15 is 0 Å². The number of hydrogen-bond donors (Lipinski definition) is 0. The second kappa shape index (κ2) is 5.96. The molecule has 2 amide bonds. The van der Waals surface area contributed by atoms with Gasteiger partial charge in [0, 0.05) is 35.9 Å². The summed E-state index contributed by atoms with van der Waals surface area (Å²) in [5.41, 5.74) is 0.785. The molecular weight excluding hydrogens is 300 g/mol. The molecule has 6 heteroatoms. The summed E-state index contributed by atoms with van der Waals surface area (Å²) < 4.78 is 5.14. The van der Waals surface area contributed by atoms with E-state index in [0.29, 0.717) is 31.9 Å². The van der Waals surface area contributed by atoms with Gasteiger partial charge in [0.25, 0.3) is 11.8 Å². The Balaban J connectivity index is 1.63. The van der Waals surface area contributed by atoms with E-state index in [9.17, 15) is 9.59 Å². The lowest BCUT2D eigenvalue weighted by molar-refractivity contribution is 0.0518. The third-order valence-electron chi connectivity index (χ3n) is 3.86. The average Bonchev–Trinajstić information content (AvgIpc) is 3.15. The predicted octanol–water partition coefficient (Wildman–Crippen LogP) is 2.56. The molecule has 2 aromatic heterocycles. The molecule has 0 aromatic carbocycles. The standard InChI is InChI=1S/C16H18N2O3S/c1-11-10-13(12(2)22-11)15(19)17-5-7-18(8-6-17)16(20)14-4-3-9-21-14/h3-4,9-10H,5-8H2,1-2H3. The number of piperazine rings is 1. The van der Waals surface area contributed by atoms with E-state index in [4.69, 9.17) is 4.42 Å². The normalized spacial score (nSPS) is 15.2. The maximum Gasteiger partial charge on any atom is 0.289 e. The van der Waals surface area contributed by atoms with Gasteiger partial charge in [0.1, 0.15) is 0 Å². The lowest BCUT2D eigenvalue weighted by Crippen LogP contribution is -2.50.